The van der Waals surface area contributed by atoms with E-state index in [2.05, 4.69) is 5.32 Å². The van der Waals surface area contributed by atoms with Gasteiger partial charge in [-0.2, -0.15) is 0 Å². The molecule has 3 N–H and O–H groups in total. The highest BCUT2D eigenvalue weighted by atomic mass is 35.5. The van der Waals surface area contributed by atoms with E-state index in [1.54, 1.807) is 0 Å². The molecular weight excluding hydrogens is 252 g/mol. The van der Waals surface area contributed by atoms with Gasteiger partial charge in [-0.15, -0.1) is 12.4 Å². The van der Waals surface area contributed by atoms with Gasteiger partial charge in [0, 0.05) is 6.42 Å². The molecule has 0 fully saturated rings. The number of aryl methyl sites for hydroxylation is 1. The van der Waals surface area contributed by atoms with Crippen LogP contribution in [0.4, 0.5) is 0 Å². The first-order chi connectivity index (χ1) is 8.22. The molecule has 0 atom stereocenters. The number of hydrogen-bond acceptors (Lipinski definition) is 3. The zero-order chi connectivity index (χ0) is 12.5. The van der Waals surface area contributed by atoms with Gasteiger partial charge < -0.3 is 15.8 Å². The molecule has 0 bridgehead atoms. The van der Waals surface area contributed by atoms with E-state index < -0.39 is 0 Å². The van der Waals surface area contributed by atoms with Crippen molar-refractivity contribution in [2.24, 2.45) is 5.73 Å². The third-order valence-corrected chi connectivity index (χ3v) is 2.29. The van der Waals surface area contributed by atoms with Gasteiger partial charge in [-0.05, 0) is 37.6 Å². The minimum atomic E-state index is 0. The van der Waals surface area contributed by atoms with Crippen molar-refractivity contribution in [3.8, 4) is 5.75 Å². The molecule has 0 saturated carbocycles. The molecule has 1 aromatic rings. The van der Waals surface area contributed by atoms with Gasteiger partial charge in [0.1, 0.15) is 12.4 Å². The summed E-state index contributed by atoms with van der Waals surface area (Å²) in [5, 5.41) is 2.78. The summed E-state index contributed by atoms with van der Waals surface area (Å²) >= 11 is 0. The average molecular weight is 273 g/mol. The molecular formula is C13H21ClN2O2. The molecule has 18 heavy (non-hydrogen) atoms. The summed E-state index contributed by atoms with van der Waals surface area (Å²) in [6, 6.07) is 7.84. The van der Waals surface area contributed by atoms with Gasteiger partial charge >= 0.3 is 0 Å². The second-order valence-corrected chi connectivity index (χ2v) is 3.91. The van der Waals surface area contributed by atoms with Gasteiger partial charge in [-0.1, -0.05) is 12.1 Å². The summed E-state index contributed by atoms with van der Waals surface area (Å²) in [5.74, 6) is 0.865. The Morgan fingerprint density at radius 3 is 2.89 bits per heavy atom. The average Bonchev–Trinajstić information content (AvgIpc) is 2.32. The van der Waals surface area contributed by atoms with E-state index >= 15 is 0 Å². The molecule has 0 aromatic heterocycles. The van der Waals surface area contributed by atoms with Crippen molar-refractivity contribution in [2.45, 2.75) is 19.8 Å². The maximum atomic E-state index is 11.2. The van der Waals surface area contributed by atoms with Crippen LogP contribution in [0.25, 0.3) is 0 Å². The maximum Gasteiger partial charge on any atom is 0.220 e. The van der Waals surface area contributed by atoms with Crippen LogP contribution in [0.5, 0.6) is 5.75 Å². The molecule has 0 saturated heterocycles. The number of nitrogens with two attached hydrogens (primary N) is 1. The Morgan fingerprint density at radius 2 is 2.22 bits per heavy atom. The van der Waals surface area contributed by atoms with Gasteiger partial charge in [0.25, 0.3) is 0 Å². The largest absolute Gasteiger partial charge is 0.492 e. The van der Waals surface area contributed by atoms with E-state index in [1.807, 2.05) is 31.2 Å². The number of halogens is 1. The summed E-state index contributed by atoms with van der Waals surface area (Å²) in [7, 11) is 0. The lowest BCUT2D eigenvalue weighted by Crippen LogP contribution is -2.28. The van der Waals surface area contributed by atoms with Crippen LogP contribution >= 0.6 is 12.4 Å². The predicted octanol–water partition coefficient (Wildman–Crippen LogP) is 1.65. The first kappa shape index (κ1) is 16.7. The number of amides is 1. The van der Waals surface area contributed by atoms with Crippen molar-refractivity contribution in [3.63, 3.8) is 0 Å². The van der Waals surface area contributed by atoms with Crippen molar-refractivity contribution in [2.75, 3.05) is 19.7 Å². The molecule has 1 aromatic carbocycles. The Labute approximate surface area is 114 Å². The summed E-state index contributed by atoms with van der Waals surface area (Å²) in [4.78, 5) is 11.2. The fraction of sp³-hybridized carbons (Fsp3) is 0.462. The van der Waals surface area contributed by atoms with Crippen LogP contribution < -0.4 is 15.8 Å². The number of rotatable bonds is 7. The quantitative estimate of drug-likeness (QED) is 0.742. The van der Waals surface area contributed by atoms with Crippen molar-refractivity contribution < 1.29 is 9.53 Å². The molecule has 0 aliphatic heterocycles. The summed E-state index contributed by atoms with van der Waals surface area (Å²) in [6.07, 6.45) is 1.21. The molecule has 0 aliphatic rings. The highest BCUT2D eigenvalue weighted by Gasteiger charge is 1.99. The highest BCUT2D eigenvalue weighted by molar-refractivity contribution is 5.85. The lowest BCUT2D eigenvalue weighted by molar-refractivity contribution is -0.121. The topological polar surface area (TPSA) is 64.3 Å². The van der Waals surface area contributed by atoms with Crippen LogP contribution in [0, 0.1) is 6.92 Å². The lowest BCUT2D eigenvalue weighted by Gasteiger charge is -2.08. The van der Waals surface area contributed by atoms with Gasteiger partial charge in [-0.25, -0.2) is 0 Å². The van der Waals surface area contributed by atoms with E-state index in [4.69, 9.17) is 10.5 Å². The third-order valence-electron chi connectivity index (χ3n) is 2.29. The molecule has 4 nitrogen and oxygen atoms in total. The molecule has 0 unspecified atom stereocenters. The molecule has 0 radical (unpaired) electrons. The Balaban J connectivity index is 0.00000289. The first-order valence-corrected chi connectivity index (χ1v) is 5.88. The Morgan fingerprint density at radius 1 is 1.44 bits per heavy atom. The lowest BCUT2D eigenvalue weighted by atomic mass is 10.2. The minimum absolute atomic E-state index is 0. The fourth-order valence-electron chi connectivity index (χ4n) is 1.42. The van der Waals surface area contributed by atoms with Crippen LogP contribution in [0.15, 0.2) is 24.3 Å². The van der Waals surface area contributed by atoms with Crippen LogP contribution in [0.1, 0.15) is 18.4 Å². The Kier molecular flexibility index (Phi) is 9.06. The smallest absolute Gasteiger partial charge is 0.220 e. The van der Waals surface area contributed by atoms with Crippen LogP contribution in [-0.2, 0) is 4.79 Å². The van der Waals surface area contributed by atoms with Crippen LogP contribution in [0.3, 0.4) is 0 Å². The summed E-state index contributed by atoms with van der Waals surface area (Å²) in [6.45, 7) is 3.57. The third kappa shape index (κ3) is 7.14. The molecule has 5 heteroatoms. The number of carbonyl (C=O) groups is 1. The van der Waals surface area contributed by atoms with Gasteiger partial charge in [0.05, 0.1) is 6.54 Å². The van der Waals surface area contributed by atoms with E-state index in [0.29, 0.717) is 26.1 Å². The van der Waals surface area contributed by atoms with Gasteiger partial charge in [0.2, 0.25) is 5.91 Å². The SMILES string of the molecule is Cc1cccc(OCCNC(=O)CCCN)c1.Cl. The molecule has 1 amide bonds. The number of ether oxygens (including phenoxy) is 1. The van der Waals surface area contributed by atoms with Crippen molar-refractivity contribution in [1.29, 1.82) is 0 Å². The zero-order valence-electron chi connectivity index (χ0n) is 10.6. The maximum absolute atomic E-state index is 11.2. The highest BCUT2D eigenvalue weighted by Crippen LogP contribution is 2.11. The molecule has 0 heterocycles. The Bertz CT molecular complexity index is 359. The van der Waals surface area contributed by atoms with Crippen molar-refractivity contribution in [3.05, 3.63) is 29.8 Å². The normalized spacial score (nSPS) is 9.44. The monoisotopic (exact) mass is 272 g/mol. The predicted molar refractivity (Wildman–Crippen MR) is 75.2 cm³/mol. The first-order valence-electron chi connectivity index (χ1n) is 5.88. The number of carbonyl (C=O) groups excluding carboxylic acids is 1. The van der Waals surface area contributed by atoms with Crippen LogP contribution in [0.2, 0.25) is 0 Å². The van der Waals surface area contributed by atoms with Crippen molar-refractivity contribution >= 4 is 18.3 Å². The van der Waals surface area contributed by atoms with Gasteiger partial charge in [-0.3, -0.25) is 4.79 Å². The van der Waals surface area contributed by atoms with Crippen LogP contribution in [-0.4, -0.2) is 25.6 Å². The van der Waals surface area contributed by atoms with Crippen molar-refractivity contribution in [1.82, 2.24) is 5.32 Å². The molecule has 1 rings (SSSR count). The second-order valence-electron chi connectivity index (χ2n) is 3.91. The fourth-order valence-corrected chi connectivity index (χ4v) is 1.42. The number of nitrogens with one attached hydrogen (secondary N) is 1. The Hall–Kier alpha value is -1.26. The molecule has 0 spiro atoms. The minimum Gasteiger partial charge on any atom is -0.492 e. The molecule has 0 aliphatic carbocycles. The number of hydrogen-bond donors (Lipinski definition) is 2. The van der Waals surface area contributed by atoms with Gasteiger partial charge in [0.15, 0.2) is 0 Å². The standard InChI is InChI=1S/C13H20N2O2.ClH/c1-11-4-2-5-12(10-11)17-9-8-15-13(16)6-3-7-14;/h2,4-5,10H,3,6-9,14H2,1H3,(H,15,16);1H. The molecule has 102 valence electrons. The van der Waals surface area contributed by atoms with E-state index in [1.165, 1.54) is 0 Å². The zero-order valence-corrected chi connectivity index (χ0v) is 11.5. The van der Waals surface area contributed by atoms with E-state index in [0.717, 1.165) is 17.7 Å². The second kappa shape index (κ2) is 9.74. The summed E-state index contributed by atoms with van der Waals surface area (Å²) < 4.78 is 5.50. The number of benzene rings is 1. The summed E-state index contributed by atoms with van der Waals surface area (Å²) in [5.41, 5.74) is 6.48. The van der Waals surface area contributed by atoms with E-state index in [9.17, 15) is 4.79 Å². The van der Waals surface area contributed by atoms with E-state index in [-0.39, 0.29) is 18.3 Å².